The van der Waals surface area contributed by atoms with Gasteiger partial charge >= 0.3 is 5.97 Å². The van der Waals surface area contributed by atoms with Crippen molar-refractivity contribution in [2.45, 2.75) is 34.1 Å². The molecular formula is C17H21NO3S. The molecule has 0 unspecified atom stereocenters. The SMILES string of the molecule is CCOC(=O)c1cc2cc(NC(=O)C(C)(C)CC)ccc2s1. The van der Waals surface area contributed by atoms with E-state index in [1.54, 1.807) is 13.0 Å². The molecule has 0 aliphatic carbocycles. The lowest BCUT2D eigenvalue weighted by Gasteiger charge is -2.21. The number of benzene rings is 1. The smallest absolute Gasteiger partial charge is 0.348 e. The number of amides is 1. The number of hydrogen-bond donors (Lipinski definition) is 1. The minimum Gasteiger partial charge on any atom is -0.462 e. The maximum Gasteiger partial charge on any atom is 0.348 e. The van der Waals surface area contributed by atoms with Gasteiger partial charge in [-0.3, -0.25) is 4.79 Å². The summed E-state index contributed by atoms with van der Waals surface area (Å²) >= 11 is 1.40. The molecule has 0 aliphatic heterocycles. The minimum absolute atomic E-state index is 0.00445. The van der Waals surface area contributed by atoms with Crippen LogP contribution in [0.4, 0.5) is 5.69 Å². The lowest BCUT2D eigenvalue weighted by molar-refractivity contribution is -0.124. The van der Waals surface area contributed by atoms with E-state index in [1.165, 1.54) is 11.3 Å². The highest BCUT2D eigenvalue weighted by atomic mass is 32.1. The van der Waals surface area contributed by atoms with E-state index in [-0.39, 0.29) is 11.9 Å². The Kier molecular flexibility index (Phi) is 4.86. The molecule has 0 fully saturated rings. The molecule has 0 saturated carbocycles. The van der Waals surface area contributed by atoms with Crippen LogP contribution in [0, 0.1) is 5.41 Å². The first kappa shape index (κ1) is 16.5. The van der Waals surface area contributed by atoms with Crippen molar-refractivity contribution in [3.05, 3.63) is 29.1 Å². The highest BCUT2D eigenvalue weighted by Gasteiger charge is 2.25. The van der Waals surface area contributed by atoms with Gasteiger partial charge < -0.3 is 10.1 Å². The predicted molar refractivity (Wildman–Crippen MR) is 90.5 cm³/mol. The molecule has 0 bridgehead atoms. The van der Waals surface area contributed by atoms with E-state index in [1.807, 2.05) is 39.0 Å². The van der Waals surface area contributed by atoms with Crippen molar-refractivity contribution >= 4 is 39.0 Å². The van der Waals surface area contributed by atoms with Crippen LogP contribution in [0.25, 0.3) is 10.1 Å². The molecule has 1 N–H and O–H groups in total. The Morgan fingerprint density at radius 2 is 1.95 bits per heavy atom. The number of ether oxygens (including phenoxy) is 1. The molecule has 2 aromatic rings. The van der Waals surface area contributed by atoms with E-state index < -0.39 is 5.41 Å². The third kappa shape index (κ3) is 3.47. The summed E-state index contributed by atoms with van der Waals surface area (Å²) in [4.78, 5) is 24.6. The number of fused-ring (bicyclic) bond motifs is 1. The van der Waals surface area contributed by atoms with Crippen LogP contribution in [0.5, 0.6) is 0 Å². The normalized spacial score (nSPS) is 11.5. The van der Waals surface area contributed by atoms with E-state index in [0.717, 1.165) is 22.2 Å². The van der Waals surface area contributed by atoms with Gasteiger partial charge in [0.05, 0.1) is 6.61 Å². The Bertz CT molecular complexity index is 703. The molecule has 22 heavy (non-hydrogen) atoms. The van der Waals surface area contributed by atoms with Crippen molar-refractivity contribution in [1.82, 2.24) is 0 Å². The largest absolute Gasteiger partial charge is 0.462 e. The molecule has 2 rings (SSSR count). The summed E-state index contributed by atoms with van der Waals surface area (Å²) < 4.78 is 6.01. The molecular weight excluding hydrogens is 298 g/mol. The highest BCUT2D eigenvalue weighted by molar-refractivity contribution is 7.20. The molecule has 4 nitrogen and oxygen atoms in total. The summed E-state index contributed by atoms with van der Waals surface area (Å²) in [6, 6.07) is 7.46. The predicted octanol–water partition coefficient (Wildman–Crippen LogP) is 4.45. The maximum atomic E-state index is 12.2. The van der Waals surface area contributed by atoms with Crippen LogP contribution in [-0.2, 0) is 9.53 Å². The maximum absolute atomic E-state index is 12.2. The lowest BCUT2D eigenvalue weighted by Crippen LogP contribution is -2.29. The number of anilines is 1. The zero-order valence-corrected chi connectivity index (χ0v) is 14.2. The first-order valence-electron chi connectivity index (χ1n) is 7.39. The number of carbonyl (C=O) groups is 2. The molecule has 0 atom stereocenters. The first-order chi connectivity index (χ1) is 10.4. The van der Waals surface area contributed by atoms with Crippen LogP contribution in [0.3, 0.4) is 0 Å². The monoisotopic (exact) mass is 319 g/mol. The Labute approximate surface area is 134 Å². The molecule has 118 valence electrons. The Morgan fingerprint density at radius 3 is 2.59 bits per heavy atom. The molecule has 0 saturated heterocycles. The van der Waals surface area contributed by atoms with Crippen LogP contribution in [0.2, 0.25) is 0 Å². The van der Waals surface area contributed by atoms with Crippen LogP contribution in [0.1, 0.15) is 43.8 Å². The summed E-state index contributed by atoms with van der Waals surface area (Å²) in [6.07, 6.45) is 0.770. The van der Waals surface area contributed by atoms with Crippen molar-refractivity contribution < 1.29 is 14.3 Å². The summed E-state index contributed by atoms with van der Waals surface area (Å²) in [5.74, 6) is -0.309. The zero-order valence-electron chi connectivity index (χ0n) is 13.4. The van der Waals surface area contributed by atoms with E-state index in [4.69, 9.17) is 4.74 Å². The highest BCUT2D eigenvalue weighted by Crippen LogP contribution is 2.30. The Balaban J connectivity index is 2.24. The molecule has 1 aromatic carbocycles. The van der Waals surface area contributed by atoms with Crippen molar-refractivity contribution in [3.8, 4) is 0 Å². The van der Waals surface area contributed by atoms with Crippen molar-refractivity contribution in [2.75, 3.05) is 11.9 Å². The quantitative estimate of drug-likeness (QED) is 0.828. The van der Waals surface area contributed by atoms with Crippen molar-refractivity contribution in [1.29, 1.82) is 0 Å². The molecule has 0 aliphatic rings. The third-order valence-electron chi connectivity index (χ3n) is 3.75. The first-order valence-corrected chi connectivity index (χ1v) is 8.21. The van der Waals surface area contributed by atoms with Gasteiger partial charge in [-0.1, -0.05) is 20.8 Å². The fourth-order valence-electron chi connectivity index (χ4n) is 1.88. The standard InChI is InChI=1S/C17H21NO3S/c1-5-17(3,4)16(20)18-12-7-8-13-11(9-12)10-14(22-13)15(19)21-6-2/h7-10H,5-6H2,1-4H3,(H,18,20). The Morgan fingerprint density at radius 1 is 1.23 bits per heavy atom. The third-order valence-corrected chi connectivity index (χ3v) is 4.85. The van der Waals surface area contributed by atoms with Crippen LogP contribution in [0.15, 0.2) is 24.3 Å². The van der Waals surface area contributed by atoms with Gasteiger partial charge in [0.15, 0.2) is 0 Å². The van der Waals surface area contributed by atoms with Gasteiger partial charge in [0, 0.05) is 15.8 Å². The van der Waals surface area contributed by atoms with Gasteiger partial charge in [-0.15, -0.1) is 11.3 Å². The van der Waals surface area contributed by atoms with Crippen molar-refractivity contribution in [2.24, 2.45) is 5.41 Å². The minimum atomic E-state index is -0.403. The topological polar surface area (TPSA) is 55.4 Å². The summed E-state index contributed by atoms with van der Waals surface area (Å²) in [7, 11) is 0. The molecule has 1 heterocycles. The number of thiophene rings is 1. The van der Waals surface area contributed by atoms with E-state index in [9.17, 15) is 9.59 Å². The van der Waals surface area contributed by atoms with Gasteiger partial charge in [-0.05, 0) is 43.0 Å². The average molecular weight is 319 g/mol. The van der Waals surface area contributed by atoms with Gasteiger partial charge in [-0.25, -0.2) is 4.79 Å². The van der Waals surface area contributed by atoms with E-state index >= 15 is 0 Å². The number of nitrogens with one attached hydrogen (secondary N) is 1. The molecule has 0 radical (unpaired) electrons. The molecule has 0 spiro atoms. The van der Waals surface area contributed by atoms with Gasteiger partial charge in [0.25, 0.3) is 0 Å². The van der Waals surface area contributed by atoms with Gasteiger partial charge in [-0.2, -0.15) is 0 Å². The fourth-order valence-corrected chi connectivity index (χ4v) is 2.82. The molecule has 5 heteroatoms. The van der Waals surface area contributed by atoms with Crippen LogP contribution in [-0.4, -0.2) is 18.5 Å². The number of hydrogen-bond acceptors (Lipinski definition) is 4. The van der Waals surface area contributed by atoms with Crippen LogP contribution >= 0.6 is 11.3 Å². The molecule has 1 aromatic heterocycles. The average Bonchev–Trinajstić information content (AvgIpc) is 2.90. The van der Waals surface area contributed by atoms with E-state index in [0.29, 0.717) is 11.5 Å². The summed E-state index contributed by atoms with van der Waals surface area (Å²) in [5, 5.41) is 3.87. The second kappa shape index (κ2) is 6.48. The second-order valence-corrected chi connectivity index (χ2v) is 6.86. The zero-order chi connectivity index (χ0) is 16.3. The van der Waals surface area contributed by atoms with E-state index in [2.05, 4.69) is 5.32 Å². The second-order valence-electron chi connectivity index (χ2n) is 5.78. The molecule has 1 amide bonds. The Hall–Kier alpha value is -1.88. The number of esters is 1. The number of carbonyl (C=O) groups excluding carboxylic acids is 2. The summed E-state index contributed by atoms with van der Waals surface area (Å²) in [6.45, 7) is 7.98. The van der Waals surface area contributed by atoms with Crippen LogP contribution < -0.4 is 5.32 Å². The lowest BCUT2D eigenvalue weighted by atomic mass is 9.89. The fraction of sp³-hybridized carbons (Fsp3) is 0.412. The van der Waals surface area contributed by atoms with Gasteiger partial charge in [0.1, 0.15) is 4.88 Å². The summed E-state index contributed by atoms with van der Waals surface area (Å²) in [5.41, 5.74) is 0.340. The van der Waals surface area contributed by atoms with Gasteiger partial charge in [0.2, 0.25) is 5.91 Å². The van der Waals surface area contributed by atoms with Crippen molar-refractivity contribution in [3.63, 3.8) is 0 Å². The number of rotatable bonds is 5.